The Morgan fingerprint density at radius 1 is 1.44 bits per heavy atom. The van der Waals surface area contributed by atoms with Gasteiger partial charge in [-0.05, 0) is 50.4 Å². The van der Waals surface area contributed by atoms with Gasteiger partial charge in [-0.2, -0.15) is 0 Å². The van der Waals surface area contributed by atoms with E-state index < -0.39 is 0 Å². The summed E-state index contributed by atoms with van der Waals surface area (Å²) in [7, 11) is 0. The Labute approximate surface area is 99.5 Å². The summed E-state index contributed by atoms with van der Waals surface area (Å²) in [6, 6.07) is 1.93. The molecule has 0 fully saturated rings. The molecule has 1 heterocycles. The van der Waals surface area contributed by atoms with Gasteiger partial charge in [-0.15, -0.1) is 0 Å². The van der Waals surface area contributed by atoms with E-state index in [1.807, 2.05) is 19.9 Å². The molecule has 0 unspecified atom stereocenters. The molecule has 0 amide bonds. The Kier molecular flexibility index (Phi) is 3.17. The molecule has 3 nitrogen and oxygen atoms in total. The number of rotatable bonds is 3. The predicted octanol–water partition coefficient (Wildman–Crippen LogP) is 2.99. The molecule has 16 heavy (non-hydrogen) atoms. The minimum atomic E-state index is 0.660. The minimum absolute atomic E-state index is 0.660. The third kappa shape index (κ3) is 1.81. The number of nitrogens with two attached hydrogens (primary N) is 1. The van der Waals surface area contributed by atoms with Crippen molar-refractivity contribution >= 4 is 22.6 Å². The maximum atomic E-state index is 6.23. The number of hydrogen-bond donors (Lipinski definition) is 1. The van der Waals surface area contributed by atoms with E-state index >= 15 is 0 Å². The standard InChI is InChI=1S/C12H15ClN2O/c1-7-6-10-11(8(2)12(7)13)9(15-16-10)4-3-5-14/h6H,3-5,14H2,1-2H3. The van der Waals surface area contributed by atoms with Crippen molar-refractivity contribution in [3.63, 3.8) is 0 Å². The molecule has 0 aliphatic rings. The number of benzene rings is 1. The van der Waals surface area contributed by atoms with Gasteiger partial charge in [0.25, 0.3) is 0 Å². The SMILES string of the molecule is Cc1cc2onc(CCCN)c2c(C)c1Cl. The first-order valence-electron chi connectivity index (χ1n) is 5.39. The fourth-order valence-electron chi connectivity index (χ4n) is 1.94. The van der Waals surface area contributed by atoms with E-state index in [2.05, 4.69) is 5.16 Å². The molecule has 86 valence electrons. The number of nitrogens with zero attached hydrogens (tertiary/aromatic N) is 1. The topological polar surface area (TPSA) is 52.0 Å². The van der Waals surface area contributed by atoms with Crippen LogP contribution >= 0.6 is 11.6 Å². The van der Waals surface area contributed by atoms with E-state index in [-0.39, 0.29) is 0 Å². The molecule has 1 aromatic carbocycles. The Bertz CT molecular complexity index is 519. The lowest BCUT2D eigenvalue weighted by Crippen LogP contribution is -2.00. The summed E-state index contributed by atoms with van der Waals surface area (Å²) >= 11 is 6.23. The van der Waals surface area contributed by atoms with Gasteiger partial charge in [0.05, 0.1) is 5.69 Å². The molecule has 2 aromatic rings. The highest BCUT2D eigenvalue weighted by atomic mass is 35.5. The molecule has 0 aliphatic carbocycles. The van der Waals surface area contributed by atoms with E-state index in [1.165, 1.54) is 0 Å². The van der Waals surface area contributed by atoms with Crippen LogP contribution in [0.4, 0.5) is 0 Å². The number of aryl methyl sites for hydroxylation is 3. The van der Waals surface area contributed by atoms with E-state index in [4.69, 9.17) is 21.9 Å². The van der Waals surface area contributed by atoms with Crippen molar-refractivity contribution in [3.05, 3.63) is 27.9 Å². The molecule has 0 saturated heterocycles. The van der Waals surface area contributed by atoms with Crippen LogP contribution in [0.25, 0.3) is 11.0 Å². The van der Waals surface area contributed by atoms with Crippen molar-refractivity contribution in [1.29, 1.82) is 0 Å². The third-order valence-electron chi connectivity index (χ3n) is 2.80. The van der Waals surface area contributed by atoms with Crippen molar-refractivity contribution in [2.45, 2.75) is 26.7 Å². The first-order chi connectivity index (χ1) is 7.65. The number of halogens is 1. The molecule has 1 aromatic heterocycles. The summed E-state index contributed by atoms with van der Waals surface area (Å²) in [6.07, 6.45) is 1.75. The zero-order chi connectivity index (χ0) is 11.7. The molecule has 0 aliphatic heterocycles. The van der Waals surface area contributed by atoms with Gasteiger partial charge in [0.2, 0.25) is 0 Å². The van der Waals surface area contributed by atoms with Crippen molar-refractivity contribution in [3.8, 4) is 0 Å². The Morgan fingerprint density at radius 2 is 2.19 bits per heavy atom. The van der Waals surface area contributed by atoms with Gasteiger partial charge < -0.3 is 10.3 Å². The summed E-state index contributed by atoms with van der Waals surface area (Å²) in [4.78, 5) is 0. The smallest absolute Gasteiger partial charge is 0.167 e. The fraction of sp³-hybridized carbons (Fsp3) is 0.417. The Morgan fingerprint density at radius 3 is 2.88 bits per heavy atom. The molecule has 4 heteroatoms. The van der Waals surface area contributed by atoms with Crippen molar-refractivity contribution in [2.75, 3.05) is 6.54 Å². The van der Waals surface area contributed by atoms with Gasteiger partial charge in [0, 0.05) is 10.4 Å². The molecule has 0 atom stereocenters. The number of fused-ring (bicyclic) bond motifs is 1. The van der Waals surface area contributed by atoms with E-state index in [9.17, 15) is 0 Å². The van der Waals surface area contributed by atoms with Crippen molar-refractivity contribution in [2.24, 2.45) is 5.73 Å². The summed E-state index contributed by atoms with van der Waals surface area (Å²) < 4.78 is 5.31. The van der Waals surface area contributed by atoms with Crippen LogP contribution in [-0.4, -0.2) is 11.7 Å². The molecule has 0 radical (unpaired) electrons. The maximum absolute atomic E-state index is 6.23. The largest absolute Gasteiger partial charge is 0.356 e. The third-order valence-corrected chi connectivity index (χ3v) is 3.39. The lowest BCUT2D eigenvalue weighted by Gasteiger charge is -2.03. The quantitative estimate of drug-likeness (QED) is 0.895. The monoisotopic (exact) mass is 238 g/mol. The van der Waals surface area contributed by atoms with Crippen LogP contribution in [0.15, 0.2) is 10.6 Å². The molecular formula is C12H15ClN2O. The second-order valence-electron chi connectivity index (χ2n) is 4.03. The minimum Gasteiger partial charge on any atom is -0.356 e. The normalized spacial score (nSPS) is 11.2. The molecular weight excluding hydrogens is 224 g/mol. The van der Waals surface area contributed by atoms with Gasteiger partial charge in [0.1, 0.15) is 0 Å². The highest BCUT2D eigenvalue weighted by molar-refractivity contribution is 6.33. The van der Waals surface area contributed by atoms with E-state index in [0.717, 1.165) is 45.7 Å². The summed E-state index contributed by atoms with van der Waals surface area (Å²) in [5.41, 5.74) is 9.33. The molecule has 2 N–H and O–H groups in total. The Hall–Kier alpha value is -1.06. The van der Waals surface area contributed by atoms with E-state index in [0.29, 0.717) is 6.54 Å². The van der Waals surface area contributed by atoms with Gasteiger partial charge in [-0.1, -0.05) is 16.8 Å². The van der Waals surface area contributed by atoms with Crippen LogP contribution in [-0.2, 0) is 6.42 Å². The first kappa shape index (κ1) is 11.4. The lowest BCUT2D eigenvalue weighted by molar-refractivity contribution is 0.445. The van der Waals surface area contributed by atoms with Crippen LogP contribution < -0.4 is 5.73 Å². The highest BCUT2D eigenvalue weighted by Gasteiger charge is 2.14. The van der Waals surface area contributed by atoms with Crippen LogP contribution in [0.3, 0.4) is 0 Å². The van der Waals surface area contributed by atoms with Gasteiger partial charge in [0.15, 0.2) is 5.58 Å². The molecule has 2 rings (SSSR count). The number of aromatic nitrogens is 1. The van der Waals surface area contributed by atoms with Crippen LogP contribution in [0.2, 0.25) is 5.02 Å². The van der Waals surface area contributed by atoms with Crippen LogP contribution in [0.5, 0.6) is 0 Å². The summed E-state index contributed by atoms with van der Waals surface area (Å²) in [5.74, 6) is 0. The van der Waals surface area contributed by atoms with Crippen molar-refractivity contribution in [1.82, 2.24) is 5.16 Å². The van der Waals surface area contributed by atoms with Crippen LogP contribution in [0.1, 0.15) is 23.2 Å². The fourth-order valence-corrected chi connectivity index (χ4v) is 2.09. The first-order valence-corrected chi connectivity index (χ1v) is 5.77. The second kappa shape index (κ2) is 4.44. The highest BCUT2D eigenvalue weighted by Crippen LogP contribution is 2.31. The van der Waals surface area contributed by atoms with Gasteiger partial charge in [-0.25, -0.2) is 0 Å². The molecule has 0 spiro atoms. The average molecular weight is 239 g/mol. The second-order valence-corrected chi connectivity index (χ2v) is 4.41. The van der Waals surface area contributed by atoms with Gasteiger partial charge >= 0.3 is 0 Å². The molecule has 0 saturated carbocycles. The summed E-state index contributed by atoms with van der Waals surface area (Å²) in [6.45, 7) is 4.63. The molecule has 0 bridgehead atoms. The maximum Gasteiger partial charge on any atom is 0.167 e. The van der Waals surface area contributed by atoms with Crippen molar-refractivity contribution < 1.29 is 4.52 Å². The van der Waals surface area contributed by atoms with Gasteiger partial charge in [-0.3, -0.25) is 0 Å². The predicted molar refractivity (Wildman–Crippen MR) is 65.9 cm³/mol. The zero-order valence-electron chi connectivity index (χ0n) is 9.51. The lowest BCUT2D eigenvalue weighted by atomic mass is 10.0. The zero-order valence-corrected chi connectivity index (χ0v) is 10.3. The summed E-state index contributed by atoms with van der Waals surface area (Å²) in [5, 5.41) is 5.93. The average Bonchev–Trinajstić information content (AvgIpc) is 2.66. The van der Waals surface area contributed by atoms with E-state index in [1.54, 1.807) is 0 Å². The number of hydrogen-bond acceptors (Lipinski definition) is 3. The van der Waals surface area contributed by atoms with Crippen LogP contribution in [0, 0.1) is 13.8 Å². The Balaban J connectivity index is 2.57.